The number of carbonyl (C=O) groups is 2. The van der Waals surface area contributed by atoms with E-state index >= 15 is 0 Å². The molecule has 0 aliphatic carbocycles. The maximum atomic E-state index is 12.6. The Bertz CT molecular complexity index is 800. The number of esters is 1. The molecule has 0 spiro atoms. The van der Waals surface area contributed by atoms with Crippen LogP contribution in [0.15, 0.2) is 0 Å². The Balaban J connectivity index is 2.00. The Morgan fingerprint density at radius 3 is 2.50 bits per heavy atom. The standard InChI is InChI=1S/C17H27N3O5S/c1-6-20(14-7-8-26(23,24)10-14)17(22)13(4)25-16(21)9-15-11(2)18-19(5)12(15)3/h13-14H,6-10H2,1-5H3. The number of aryl methyl sites for hydroxylation is 2. The summed E-state index contributed by atoms with van der Waals surface area (Å²) in [6, 6.07) is -0.346. The topological polar surface area (TPSA) is 98.6 Å². The summed E-state index contributed by atoms with van der Waals surface area (Å²) in [7, 11) is -1.29. The summed E-state index contributed by atoms with van der Waals surface area (Å²) >= 11 is 0. The van der Waals surface area contributed by atoms with Crippen LogP contribution in [0.2, 0.25) is 0 Å². The van der Waals surface area contributed by atoms with Gasteiger partial charge in [0.05, 0.1) is 23.6 Å². The molecule has 1 fully saturated rings. The molecule has 1 aromatic rings. The van der Waals surface area contributed by atoms with Crippen molar-refractivity contribution in [3.05, 3.63) is 17.0 Å². The van der Waals surface area contributed by atoms with Gasteiger partial charge in [0.25, 0.3) is 5.91 Å². The number of hydrogen-bond donors (Lipinski definition) is 0. The van der Waals surface area contributed by atoms with Crippen LogP contribution in [0.4, 0.5) is 0 Å². The summed E-state index contributed by atoms with van der Waals surface area (Å²) in [4.78, 5) is 26.4. The molecule has 146 valence electrons. The lowest BCUT2D eigenvalue weighted by atomic mass is 10.1. The van der Waals surface area contributed by atoms with Crippen LogP contribution >= 0.6 is 0 Å². The van der Waals surface area contributed by atoms with Crippen LogP contribution < -0.4 is 0 Å². The van der Waals surface area contributed by atoms with Crippen molar-refractivity contribution in [2.75, 3.05) is 18.1 Å². The first-order chi connectivity index (χ1) is 12.1. The van der Waals surface area contributed by atoms with E-state index in [1.165, 1.54) is 11.8 Å². The fraction of sp³-hybridized carbons (Fsp3) is 0.706. The third kappa shape index (κ3) is 4.44. The molecule has 1 amide bonds. The minimum absolute atomic E-state index is 0.0265. The molecule has 1 aliphatic rings. The number of amides is 1. The van der Waals surface area contributed by atoms with Crippen LogP contribution in [0.25, 0.3) is 0 Å². The molecule has 26 heavy (non-hydrogen) atoms. The van der Waals surface area contributed by atoms with Crippen molar-refractivity contribution < 1.29 is 22.7 Å². The molecule has 8 nitrogen and oxygen atoms in total. The van der Waals surface area contributed by atoms with Gasteiger partial charge in [0, 0.05) is 30.9 Å². The third-order valence-electron chi connectivity index (χ3n) is 4.91. The molecule has 2 heterocycles. The van der Waals surface area contributed by atoms with Crippen molar-refractivity contribution in [1.29, 1.82) is 0 Å². The lowest BCUT2D eigenvalue weighted by molar-refractivity contribution is -0.159. The summed E-state index contributed by atoms with van der Waals surface area (Å²) in [5, 5.41) is 4.26. The molecule has 2 unspecified atom stereocenters. The average molecular weight is 385 g/mol. The van der Waals surface area contributed by atoms with Crippen molar-refractivity contribution in [3.8, 4) is 0 Å². The van der Waals surface area contributed by atoms with Crippen molar-refractivity contribution >= 4 is 21.7 Å². The van der Waals surface area contributed by atoms with Crippen LogP contribution in [0.1, 0.15) is 37.2 Å². The van der Waals surface area contributed by atoms with E-state index in [2.05, 4.69) is 5.10 Å². The smallest absolute Gasteiger partial charge is 0.311 e. The largest absolute Gasteiger partial charge is 0.452 e. The minimum atomic E-state index is -3.09. The number of carbonyl (C=O) groups excluding carboxylic acids is 2. The first-order valence-electron chi connectivity index (χ1n) is 8.75. The fourth-order valence-corrected chi connectivity index (χ4v) is 5.09. The third-order valence-corrected chi connectivity index (χ3v) is 6.66. The van der Waals surface area contributed by atoms with Crippen LogP contribution in [0, 0.1) is 13.8 Å². The van der Waals surface area contributed by atoms with Crippen molar-refractivity contribution in [2.24, 2.45) is 7.05 Å². The minimum Gasteiger partial charge on any atom is -0.452 e. The van der Waals surface area contributed by atoms with Gasteiger partial charge in [-0.1, -0.05) is 0 Å². The van der Waals surface area contributed by atoms with Gasteiger partial charge in [-0.2, -0.15) is 5.10 Å². The Morgan fingerprint density at radius 1 is 1.38 bits per heavy atom. The second kappa shape index (κ2) is 7.77. The number of aromatic nitrogens is 2. The summed E-state index contributed by atoms with van der Waals surface area (Å²) in [6.45, 7) is 7.39. The molecular weight excluding hydrogens is 358 g/mol. The number of nitrogens with zero attached hydrogens (tertiary/aromatic N) is 3. The lowest BCUT2D eigenvalue weighted by Gasteiger charge is -2.29. The fourth-order valence-electron chi connectivity index (χ4n) is 3.36. The number of ether oxygens (including phenoxy) is 1. The van der Waals surface area contributed by atoms with E-state index in [0.717, 1.165) is 17.0 Å². The van der Waals surface area contributed by atoms with E-state index in [1.54, 1.807) is 18.7 Å². The maximum absolute atomic E-state index is 12.6. The van der Waals surface area contributed by atoms with Crippen LogP contribution in [0.3, 0.4) is 0 Å². The highest BCUT2D eigenvalue weighted by Crippen LogP contribution is 2.19. The quantitative estimate of drug-likeness (QED) is 0.663. The molecule has 0 saturated carbocycles. The number of rotatable bonds is 6. The van der Waals surface area contributed by atoms with Gasteiger partial charge < -0.3 is 9.64 Å². The number of likely N-dealkylation sites (N-methyl/N-ethyl adjacent to an activating group) is 1. The Kier molecular flexibility index (Phi) is 6.10. The normalized spacial score (nSPS) is 20.0. The molecule has 0 N–H and O–H groups in total. The highest BCUT2D eigenvalue weighted by molar-refractivity contribution is 7.91. The SMILES string of the molecule is CCN(C(=O)C(C)OC(=O)Cc1c(C)nn(C)c1C)C1CCS(=O)(=O)C1. The van der Waals surface area contributed by atoms with Gasteiger partial charge in [0.2, 0.25) is 0 Å². The Morgan fingerprint density at radius 2 is 2.04 bits per heavy atom. The molecule has 9 heteroatoms. The van der Waals surface area contributed by atoms with Gasteiger partial charge in [-0.05, 0) is 34.1 Å². The van der Waals surface area contributed by atoms with E-state index < -0.39 is 21.9 Å². The molecule has 2 rings (SSSR count). The van der Waals surface area contributed by atoms with Gasteiger partial charge in [0.15, 0.2) is 15.9 Å². The number of sulfone groups is 1. The van der Waals surface area contributed by atoms with Crippen LogP contribution in [-0.4, -0.2) is 65.2 Å². The molecule has 1 aliphatic heterocycles. The van der Waals surface area contributed by atoms with Gasteiger partial charge in [-0.15, -0.1) is 0 Å². The van der Waals surface area contributed by atoms with E-state index in [0.29, 0.717) is 13.0 Å². The zero-order valence-electron chi connectivity index (χ0n) is 16.0. The zero-order chi connectivity index (χ0) is 19.6. The first kappa shape index (κ1) is 20.4. The van der Waals surface area contributed by atoms with Crippen molar-refractivity contribution in [1.82, 2.24) is 14.7 Å². The van der Waals surface area contributed by atoms with Crippen LogP contribution in [0.5, 0.6) is 0 Å². The summed E-state index contributed by atoms with van der Waals surface area (Å²) in [6.07, 6.45) is -0.480. The zero-order valence-corrected chi connectivity index (χ0v) is 16.8. The van der Waals surface area contributed by atoms with Crippen molar-refractivity contribution in [3.63, 3.8) is 0 Å². The van der Waals surface area contributed by atoms with Gasteiger partial charge in [0.1, 0.15) is 0 Å². The summed E-state index contributed by atoms with van der Waals surface area (Å²) in [5.41, 5.74) is 2.43. The molecular formula is C17H27N3O5S. The van der Waals surface area contributed by atoms with Gasteiger partial charge in [-0.25, -0.2) is 8.42 Å². The van der Waals surface area contributed by atoms with E-state index in [9.17, 15) is 18.0 Å². The van der Waals surface area contributed by atoms with Gasteiger partial charge in [-0.3, -0.25) is 14.3 Å². The molecule has 1 saturated heterocycles. The highest BCUT2D eigenvalue weighted by Gasteiger charge is 2.36. The monoisotopic (exact) mass is 385 g/mol. The lowest BCUT2D eigenvalue weighted by Crippen LogP contribution is -2.46. The van der Waals surface area contributed by atoms with E-state index in [-0.39, 0.29) is 29.9 Å². The van der Waals surface area contributed by atoms with E-state index in [4.69, 9.17) is 4.74 Å². The average Bonchev–Trinajstić information content (AvgIpc) is 3.02. The molecule has 0 bridgehead atoms. The highest BCUT2D eigenvalue weighted by atomic mass is 32.2. The second-order valence-corrected chi connectivity index (χ2v) is 8.99. The van der Waals surface area contributed by atoms with Crippen molar-refractivity contribution in [2.45, 2.75) is 52.7 Å². The summed E-state index contributed by atoms with van der Waals surface area (Å²) < 4.78 is 30.4. The Labute approximate surface area is 154 Å². The molecule has 0 aromatic carbocycles. The predicted molar refractivity (Wildman–Crippen MR) is 96.4 cm³/mol. The second-order valence-electron chi connectivity index (χ2n) is 6.76. The van der Waals surface area contributed by atoms with Crippen LogP contribution in [-0.2, 0) is 37.6 Å². The maximum Gasteiger partial charge on any atom is 0.311 e. The van der Waals surface area contributed by atoms with Gasteiger partial charge >= 0.3 is 5.97 Å². The molecule has 0 radical (unpaired) electrons. The summed E-state index contributed by atoms with van der Waals surface area (Å²) in [5.74, 6) is -0.793. The Hall–Kier alpha value is -1.90. The molecule has 2 atom stereocenters. The van der Waals surface area contributed by atoms with E-state index in [1.807, 2.05) is 13.8 Å². The first-order valence-corrected chi connectivity index (χ1v) is 10.6. The molecule has 1 aromatic heterocycles. The number of hydrogen-bond acceptors (Lipinski definition) is 6. The predicted octanol–water partition coefficient (Wildman–Crippen LogP) is 0.547.